The number of nitrogens with two attached hydrogens (primary N) is 1. The smallest absolute Gasteiger partial charge is 0.316 e. The number of amides is 1. The van der Waals surface area contributed by atoms with E-state index in [4.69, 9.17) is 20.2 Å². The van der Waals surface area contributed by atoms with Crippen molar-refractivity contribution in [1.29, 1.82) is 0 Å². The van der Waals surface area contributed by atoms with E-state index >= 15 is 0 Å². The molecule has 1 amide bonds. The maximum atomic E-state index is 12.9. The number of pyridine rings is 2. The van der Waals surface area contributed by atoms with Gasteiger partial charge in [-0.2, -0.15) is 4.98 Å². The molecule has 0 aliphatic carbocycles. The molecule has 4 aromatic heterocycles. The number of fused-ring (bicyclic) bond motifs is 1. The van der Waals surface area contributed by atoms with Gasteiger partial charge in [-0.25, -0.2) is 9.97 Å². The van der Waals surface area contributed by atoms with Crippen molar-refractivity contribution in [3.05, 3.63) is 103 Å². The molecule has 0 radical (unpaired) electrons. The first-order valence-electron chi connectivity index (χ1n) is 14.5. The van der Waals surface area contributed by atoms with Crippen LogP contribution in [0.25, 0.3) is 44.8 Å². The van der Waals surface area contributed by atoms with E-state index in [1.165, 1.54) is 0 Å². The number of anilines is 1. The molecule has 2 aromatic carbocycles. The van der Waals surface area contributed by atoms with Crippen molar-refractivity contribution in [2.75, 3.05) is 18.4 Å². The zero-order chi connectivity index (χ0) is 29.9. The maximum Gasteiger partial charge on any atom is 0.316 e. The van der Waals surface area contributed by atoms with Crippen molar-refractivity contribution in [3.63, 3.8) is 0 Å². The number of piperidine rings is 1. The van der Waals surface area contributed by atoms with Crippen molar-refractivity contribution in [2.45, 2.75) is 25.4 Å². The Kier molecular flexibility index (Phi) is 7.43. The molecule has 0 bridgehead atoms. The van der Waals surface area contributed by atoms with Crippen molar-refractivity contribution in [1.82, 2.24) is 35.0 Å². The molecule has 7 rings (SSSR count). The second-order valence-corrected chi connectivity index (χ2v) is 10.7. The first-order valence-corrected chi connectivity index (χ1v) is 14.5. The number of carbonyl (C=O) groups is 1. The largest absolute Gasteiger partial charge is 0.364 e. The van der Waals surface area contributed by atoms with Gasteiger partial charge in [-0.05, 0) is 48.2 Å². The van der Waals surface area contributed by atoms with E-state index in [2.05, 4.69) is 43.6 Å². The number of hydrogen-bond donors (Lipinski definition) is 2. The fourth-order valence-corrected chi connectivity index (χ4v) is 5.33. The first kappa shape index (κ1) is 27.3. The highest BCUT2D eigenvalue weighted by atomic mass is 16.5. The Labute approximate surface area is 253 Å². The molecule has 1 aliphatic heterocycles. The molecule has 5 heterocycles. The van der Waals surface area contributed by atoms with Gasteiger partial charge < -0.3 is 20.5 Å². The molecule has 44 heavy (non-hydrogen) atoms. The Bertz CT molecular complexity index is 1920. The molecule has 0 unspecified atom stereocenters. The van der Waals surface area contributed by atoms with Crippen LogP contribution in [0.2, 0.25) is 0 Å². The normalized spacial score (nSPS) is 13.7. The Balaban J connectivity index is 1.25. The SMILES string of the molecule is NC1CCN(C(=O)c2nc(-c3cncc(-c4nc(NCc5ccccn5)c5c(-c6ccccc6)cccc5n4)c3)no2)CC1. The third-order valence-electron chi connectivity index (χ3n) is 7.66. The van der Waals surface area contributed by atoms with Crippen LogP contribution in [-0.4, -0.2) is 60.0 Å². The molecule has 11 heteroatoms. The highest BCUT2D eigenvalue weighted by Crippen LogP contribution is 2.34. The van der Waals surface area contributed by atoms with E-state index in [-0.39, 0.29) is 23.7 Å². The topological polar surface area (TPSA) is 149 Å². The molecular weight excluding hydrogens is 554 g/mol. The van der Waals surface area contributed by atoms with Gasteiger partial charge in [0.25, 0.3) is 0 Å². The summed E-state index contributed by atoms with van der Waals surface area (Å²) in [6, 6.07) is 24.0. The van der Waals surface area contributed by atoms with Crippen LogP contribution in [0.3, 0.4) is 0 Å². The van der Waals surface area contributed by atoms with E-state index in [1.807, 2.05) is 54.6 Å². The lowest BCUT2D eigenvalue weighted by Crippen LogP contribution is -2.42. The van der Waals surface area contributed by atoms with E-state index in [0.29, 0.717) is 42.4 Å². The van der Waals surface area contributed by atoms with Gasteiger partial charge in [0, 0.05) is 48.8 Å². The van der Waals surface area contributed by atoms with Crippen LogP contribution in [0.4, 0.5) is 5.82 Å². The molecule has 1 fully saturated rings. The van der Waals surface area contributed by atoms with Gasteiger partial charge >= 0.3 is 11.8 Å². The zero-order valence-electron chi connectivity index (χ0n) is 23.8. The van der Waals surface area contributed by atoms with Crippen LogP contribution >= 0.6 is 0 Å². The molecule has 11 nitrogen and oxygen atoms in total. The third-order valence-corrected chi connectivity index (χ3v) is 7.66. The number of likely N-dealkylation sites (tertiary alicyclic amines) is 1. The Morgan fingerprint density at radius 1 is 0.886 bits per heavy atom. The summed E-state index contributed by atoms with van der Waals surface area (Å²) in [6.45, 7) is 1.61. The van der Waals surface area contributed by atoms with Gasteiger partial charge in [-0.15, -0.1) is 0 Å². The van der Waals surface area contributed by atoms with E-state index in [9.17, 15) is 4.79 Å². The summed E-state index contributed by atoms with van der Waals surface area (Å²) in [7, 11) is 0. The van der Waals surface area contributed by atoms with Gasteiger partial charge in [-0.1, -0.05) is 53.7 Å². The lowest BCUT2D eigenvalue weighted by atomic mass is 10.0. The average Bonchev–Trinajstić information content (AvgIpc) is 3.58. The van der Waals surface area contributed by atoms with Crippen LogP contribution in [0.5, 0.6) is 0 Å². The van der Waals surface area contributed by atoms with Crippen LogP contribution in [0.1, 0.15) is 29.2 Å². The van der Waals surface area contributed by atoms with Crippen LogP contribution < -0.4 is 11.1 Å². The molecule has 0 spiro atoms. The second kappa shape index (κ2) is 12.0. The van der Waals surface area contributed by atoms with E-state index in [1.54, 1.807) is 23.5 Å². The highest BCUT2D eigenvalue weighted by Gasteiger charge is 2.26. The summed E-state index contributed by atoms with van der Waals surface area (Å²) in [4.78, 5) is 37.8. The maximum absolute atomic E-state index is 12.9. The minimum absolute atomic E-state index is 0.0581. The van der Waals surface area contributed by atoms with Crippen LogP contribution in [-0.2, 0) is 6.54 Å². The number of carbonyl (C=O) groups excluding carboxylic acids is 1. The Morgan fingerprint density at radius 3 is 2.48 bits per heavy atom. The number of benzene rings is 2. The predicted molar refractivity (Wildman–Crippen MR) is 166 cm³/mol. The minimum atomic E-state index is -0.296. The fourth-order valence-electron chi connectivity index (χ4n) is 5.33. The van der Waals surface area contributed by atoms with Gasteiger partial charge in [0.2, 0.25) is 5.82 Å². The molecule has 1 saturated heterocycles. The summed E-state index contributed by atoms with van der Waals surface area (Å²) in [5, 5.41) is 8.47. The Hall–Kier alpha value is -5.55. The van der Waals surface area contributed by atoms with Crippen molar-refractivity contribution in [2.24, 2.45) is 5.73 Å². The van der Waals surface area contributed by atoms with Crippen molar-refractivity contribution >= 4 is 22.6 Å². The van der Waals surface area contributed by atoms with Crippen molar-refractivity contribution < 1.29 is 9.32 Å². The number of nitrogens with zero attached hydrogens (tertiary/aromatic N) is 7. The molecule has 0 saturated carbocycles. The zero-order valence-corrected chi connectivity index (χ0v) is 23.8. The standard InChI is InChI=1S/C33H29N9O2/c34-24-12-15-42(16-13-24)33(43)32-40-30(41-44-32)23-17-22(18-35-19-23)29-38-27-11-6-10-26(21-7-2-1-3-8-21)28(27)31(39-29)37-20-25-9-4-5-14-36-25/h1-11,14,17-19,24H,12-13,15-16,20,34H2,(H,37,38,39). The lowest BCUT2D eigenvalue weighted by Gasteiger charge is -2.28. The van der Waals surface area contributed by atoms with Gasteiger partial charge in [0.1, 0.15) is 5.82 Å². The predicted octanol–water partition coefficient (Wildman–Crippen LogP) is 4.98. The average molecular weight is 584 g/mol. The molecule has 218 valence electrons. The lowest BCUT2D eigenvalue weighted by molar-refractivity contribution is 0.0664. The summed E-state index contributed by atoms with van der Waals surface area (Å²) >= 11 is 0. The summed E-state index contributed by atoms with van der Waals surface area (Å²) in [5.41, 5.74) is 11.0. The van der Waals surface area contributed by atoms with E-state index < -0.39 is 0 Å². The van der Waals surface area contributed by atoms with Crippen LogP contribution in [0, 0.1) is 0 Å². The monoisotopic (exact) mass is 583 g/mol. The number of nitrogens with one attached hydrogen (secondary N) is 1. The number of hydrogen-bond acceptors (Lipinski definition) is 10. The number of rotatable bonds is 7. The molecular formula is C33H29N9O2. The van der Waals surface area contributed by atoms with Crippen molar-refractivity contribution in [3.8, 4) is 33.9 Å². The highest BCUT2D eigenvalue weighted by molar-refractivity contribution is 6.02. The third kappa shape index (κ3) is 5.60. The second-order valence-electron chi connectivity index (χ2n) is 10.7. The quantitative estimate of drug-likeness (QED) is 0.263. The fraction of sp³-hybridized carbons (Fsp3) is 0.182. The van der Waals surface area contributed by atoms with Crippen LogP contribution in [0.15, 0.2) is 95.9 Å². The first-order chi connectivity index (χ1) is 21.6. The number of aromatic nitrogens is 6. The Morgan fingerprint density at radius 2 is 1.68 bits per heavy atom. The molecule has 0 atom stereocenters. The minimum Gasteiger partial charge on any atom is -0.364 e. The van der Waals surface area contributed by atoms with Gasteiger partial charge in [0.15, 0.2) is 5.82 Å². The summed E-state index contributed by atoms with van der Waals surface area (Å²) in [5.74, 6) is 1.06. The summed E-state index contributed by atoms with van der Waals surface area (Å²) < 4.78 is 5.35. The summed E-state index contributed by atoms with van der Waals surface area (Å²) in [6.07, 6.45) is 6.58. The molecule has 1 aliphatic rings. The molecule has 6 aromatic rings. The molecule has 3 N–H and O–H groups in total. The van der Waals surface area contributed by atoms with Gasteiger partial charge in [-0.3, -0.25) is 14.8 Å². The van der Waals surface area contributed by atoms with E-state index in [0.717, 1.165) is 40.6 Å². The van der Waals surface area contributed by atoms with Gasteiger partial charge in [0.05, 0.1) is 23.1 Å².